The van der Waals surface area contributed by atoms with Crippen molar-refractivity contribution in [1.29, 1.82) is 0 Å². The van der Waals surface area contributed by atoms with Gasteiger partial charge in [-0.15, -0.1) is 0 Å². The van der Waals surface area contributed by atoms with E-state index in [1.54, 1.807) is 16.7 Å². The highest BCUT2D eigenvalue weighted by Crippen LogP contribution is 2.27. The second-order valence-corrected chi connectivity index (χ2v) is 11.0. The minimum absolute atomic E-state index is 0.0670. The molecule has 0 radical (unpaired) electrons. The first kappa shape index (κ1) is 26.9. The van der Waals surface area contributed by atoms with Gasteiger partial charge in [0.05, 0.1) is 18.5 Å². The Hall–Kier alpha value is -4.13. The molecule has 3 aromatic carbocycles. The number of hydrogen-bond donors (Lipinski definition) is 1. The van der Waals surface area contributed by atoms with Gasteiger partial charge in [-0.05, 0) is 53.1 Å². The van der Waals surface area contributed by atoms with Crippen LogP contribution >= 0.6 is 0 Å². The molecule has 4 rings (SSSR count). The van der Waals surface area contributed by atoms with Crippen molar-refractivity contribution in [3.8, 4) is 11.4 Å². The molecule has 7 nitrogen and oxygen atoms in total. The number of methoxy groups -OCH3 is 1. The summed E-state index contributed by atoms with van der Waals surface area (Å²) in [6.45, 7) is 10.7. The Labute approximate surface area is 224 Å². The molecule has 0 aliphatic carbocycles. The summed E-state index contributed by atoms with van der Waals surface area (Å²) in [6, 6.07) is 23.0. The SMILES string of the molecule is COc1ccc(-n2nc(C(C)(C)C)cc2NC(=O)CN(CC(C)C)C(=O)c2ccc3ccccc3c2)cc1. The Morgan fingerprint density at radius 1 is 0.974 bits per heavy atom. The number of benzene rings is 3. The molecule has 0 saturated carbocycles. The summed E-state index contributed by atoms with van der Waals surface area (Å²) < 4.78 is 7.00. The van der Waals surface area contributed by atoms with E-state index in [9.17, 15) is 9.59 Å². The van der Waals surface area contributed by atoms with Gasteiger partial charge in [-0.3, -0.25) is 9.59 Å². The quantitative estimate of drug-likeness (QED) is 0.311. The van der Waals surface area contributed by atoms with E-state index in [0.717, 1.165) is 27.9 Å². The van der Waals surface area contributed by atoms with Crippen molar-refractivity contribution in [3.63, 3.8) is 0 Å². The van der Waals surface area contributed by atoms with Gasteiger partial charge in [0.25, 0.3) is 5.91 Å². The van der Waals surface area contributed by atoms with Crippen LogP contribution in [0, 0.1) is 5.92 Å². The van der Waals surface area contributed by atoms with E-state index in [-0.39, 0.29) is 29.7 Å². The molecule has 0 bridgehead atoms. The van der Waals surface area contributed by atoms with Gasteiger partial charge in [-0.25, -0.2) is 4.68 Å². The highest BCUT2D eigenvalue weighted by atomic mass is 16.5. The molecule has 1 heterocycles. The number of fused-ring (bicyclic) bond motifs is 1. The number of rotatable bonds is 8. The number of nitrogens with zero attached hydrogens (tertiary/aromatic N) is 3. The van der Waals surface area contributed by atoms with Gasteiger partial charge >= 0.3 is 0 Å². The van der Waals surface area contributed by atoms with Crippen LogP contribution < -0.4 is 10.1 Å². The maximum atomic E-state index is 13.5. The first-order valence-electron chi connectivity index (χ1n) is 12.9. The lowest BCUT2D eigenvalue weighted by molar-refractivity contribution is -0.117. The van der Waals surface area contributed by atoms with Crippen LogP contribution in [0.25, 0.3) is 16.5 Å². The molecule has 0 saturated heterocycles. The minimum atomic E-state index is -0.282. The van der Waals surface area contributed by atoms with Crippen molar-refractivity contribution in [2.24, 2.45) is 5.92 Å². The van der Waals surface area contributed by atoms with E-state index in [0.29, 0.717) is 17.9 Å². The lowest BCUT2D eigenvalue weighted by Gasteiger charge is -2.24. The molecule has 0 fully saturated rings. The van der Waals surface area contributed by atoms with E-state index in [4.69, 9.17) is 9.84 Å². The number of carbonyl (C=O) groups is 2. The maximum Gasteiger partial charge on any atom is 0.254 e. The van der Waals surface area contributed by atoms with Crippen LogP contribution in [-0.4, -0.2) is 46.7 Å². The normalized spacial score (nSPS) is 11.6. The monoisotopic (exact) mass is 512 g/mol. The maximum absolute atomic E-state index is 13.5. The predicted octanol–water partition coefficient (Wildman–Crippen LogP) is 6.07. The number of carbonyl (C=O) groups excluding carboxylic acids is 2. The lowest BCUT2D eigenvalue weighted by Crippen LogP contribution is -2.40. The van der Waals surface area contributed by atoms with E-state index >= 15 is 0 Å². The molecule has 1 aromatic heterocycles. The first-order valence-corrected chi connectivity index (χ1v) is 12.9. The van der Waals surface area contributed by atoms with Crippen molar-refractivity contribution in [2.45, 2.75) is 40.0 Å². The van der Waals surface area contributed by atoms with Crippen LogP contribution in [0.15, 0.2) is 72.8 Å². The summed E-state index contributed by atoms with van der Waals surface area (Å²) in [7, 11) is 1.62. The van der Waals surface area contributed by atoms with E-state index in [1.165, 1.54) is 0 Å². The molecule has 198 valence electrons. The van der Waals surface area contributed by atoms with Crippen molar-refractivity contribution in [1.82, 2.24) is 14.7 Å². The van der Waals surface area contributed by atoms with E-state index in [1.807, 2.05) is 86.6 Å². The van der Waals surface area contributed by atoms with Crippen LogP contribution in [0.3, 0.4) is 0 Å². The van der Waals surface area contributed by atoms with Crippen LogP contribution in [0.2, 0.25) is 0 Å². The molecule has 1 N–H and O–H groups in total. The van der Waals surface area contributed by atoms with Gasteiger partial charge in [0, 0.05) is 23.6 Å². The number of aromatic nitrogens is 2. The van der Waals surface area contributed by atoms with Gasteiger partial charge in [0.1, 0.15) is 18.1 Å². The molecule has 0 unspecified atom stereocenters. The summed E-state index contributed by atoms with van der Waals surface area (Å²) in [6.07, 6.45) is 0. The Morgan fingerprint density at radius 3 is 2.29 bits per heavy atom. The average molecular weight is 513 g/mol. The second-order valence-electron chi connectivity index (χ2n) is 11.0. The van der Waals surface area contributed by atoms with Gasteiger partial charge in [-0.2, -0.15) is 5.10 Å². The number of amides is 2. The third kappa shape index (κ3) is 6.22. The zero-order valence-electron chi connectivity index (χ0n) is 23.0. The molecule has 0 atom stereocenters. The summed E-state index contributed by atoms with van der Waals surface area (Å²) in [5.74, 6) is 1.03. The smallest absolute Gasteiger partial charge is 0.254 e. The second kappa shape index (κ2) is 11.1. The first-order chi connectivity index (χ1) is 18.0. The molecular weight excluding hydrogens is 476 g/mol. The van der Waals surface area contributed by atoms with E-state index in [2.05, 4.69) is 26.1 Å². The van der Waals surface area contributed by atoms with Gasteiger partial charge in [0.2, 0.25) is 5.91 Å². The van der Waals surface area contributed by atoms with Crippen LogP contribution in [0.5, 0.6) is 5.75 Å². The zero-order valence-corrected chi connectivity index (χ0v) is 23.0. The Bertz CT molecular complexity index is 1430. The zero-order chi connectivity index (χ0) is 27.4. The number of ether oxygens (including phenoxy) is 1. The minimum Gasteiger partial charge on any atom is -0.497 e. The average Bonchev–Trinajstić information content (AvgIpc) is 3.31. The Morgan fingerprint density at radius 2 is 1.66 bits per heavy atom. The highest BCUT2D eigenvalue weighted by Gasteiger charge is 2.24. The standard InChI is InChI=1S/C31H36N4O3/c1-21(2)19-34(30(37)24-12-11-22-9-7-8-10-23(22)17-24)20-29(36)32-28-18-27(31(3,4)5)33-35(28)25-13-15-26(38-6)16-14-25/h7-18,21H,19-20H2,1-6H3,(H,32,36). The molecule has 0 aliphatic rings. The summed E-state index contributed by atoms with van der Waals surface area (Å²) >= 11 is 0. The summed E-state index contributed by atoms with van der Waals surface area (Å²) in [4.78, 5) is 28.5. The van der Waals surface area contributed by atoms with Crippen molar-refractivity contribution >= 4 is 28.4 Å². The molecule has 0 spiro atoms. The number of anilines is 1. The fourth-order valence-corrected chi connectivity index (χ4v) is 4.28. The third-order valence-electron chi connectivity index (χ3n) is 6.27. The van der Waals surface area contributed by atoms with Crippen molar-refractivity contribution < 1.29 is 14.3 Å². The van der Waals surface area contributed by atoms with E-state index < -0.39 is 0 Å². The topological polar surface area (TPSA) is 76.5 Å². The molecule has 38 heavy (non-hydrogen) atoms. The van der Waals surface area contributed by atoms with Gasteiger partial charge in [0.15, 0.2) is 0 Å². The number of hydrogen-bond acceptors (Lipinski definition) is 4. The van der Waals surface area contributed by atoms with Crippen molar-refractivity contribution in [3.05, 3.63) is 84.1 Å². The molecule has 4 aromatic rings. The van der Waals surface area contributed by atoms with Crippen molar-refractivity contribution in [2.75, 3.05) is 25.5 Å². The fraction of sp³-hybridized carbons (Fsp3) is 0.323. The highest BCUT2D eigenvalue weighted by molar-refractivity contribution is 6.01. The van der Waals surface area contributed by atoms with Gasteiger partial charge in [-0.1, -0.05) is 65.0 Å². The fourth-order valence-electron chi connectivity index (χ4n) is 4.28. The molecule has 7 heteroatoms. The number of nitrogens with one attached hydrogen (secondary N) is 1. The molecule has 2 amide bonds. The lowest BCUT2D eigenvalue weighted by atomic mass is 9.92. The van der Waals surface area contributed by atoms with Crippen LogP contribution in [0.4, 0.5) is 5.82 Å². The summed E-state index contributed by atoms with van der Waals surface area (Å²) in [5.41, 5.74) is 1.99. The largest absolute Gasteiger partial charge is 0.497 e. The molecule has 0 aliphatic heterocycles. The summed E-state index contributed by atoms with van der Waals surface area (Å²) in [5, 5.41) is 9.85. The van der Waals surface area contributed by atoms with Crippen LogP contribution in [-0.2, 0) is 10.2 Å². The van der Waals surface area contributed by atoms with Crippen LogP contribution in [0.1, 0.15) is 50.7 Å². The molecular formula is C31H36N4O3. The predicted molar refractivity (Wildman–Crippen MR) is 152 cm³/mol. The Kier molecular flexibility index (Phi) is 7.86. The third-order valence-corrected chi connectivity index (χ3v) is 6.27. The van der Waals surface area contributed by atoms with Gasteiger partial charge < -0.3 is 15.0 Å². The Balaban J connectivity index is 1.59.